The van der Waals surface area contributed by atoms with Gasteiger partial charge in [0.05, 0.1) is 22.1 Å². The number of nitrogens with one attached hydrogen (secondary N) is 1. The Morgan fingerprint density at radius 1 is 0.440 bits per heavy atom. The molecule has 16 rings (SSSR count). The Kier molecular flexibility index (Phi) is 23.6. The van der Waals surface area contributed by atoms with E-state index in [2.05, 4.69) is 241 Å². The van der Waals surface area contributed by atoms with E-state index in [-0.39, 0.29) is 17.6 Å². The number of carbonyl (C=O) groups is 2. The molecule has 0 saturated heterocycles. The monoisotopic (exact) mass is 1450 g/mol. The maximum Gasteiger partial charge on any atom is 0.253 e. The molecule has 9 heterocycles. The van der Waals surface area contributed by atoms with Crippen LogP contribution in [0.1, 0.15) is 158 Å². The number of hydrogen-bond donors (Lipinski definition) is 1. The van der Waals surface area contributed by atoms with E-state index < -0.39 is 0 Å². The molecular formula is C95H108FN11O2. The van der Waals surface area contributed by atoms with Gasteiger partial charge in [0, 0.05) is 192 Å². The quantitative estimate of drug-likeness (QED) is 0.123. The Bertz CT molecular complexity index is 5470. The van der Waals surface area contributed by atoms with Crippen molar-refractivity contribution in [2.24, 2.45) is 0 Å². The molecule has 12 aromatic rings. The molecule has 0 unspecified atom stereocenters. The van der Waals surface area contributed by atoms with E-state index in [1.54, 1.807) is 26.0 Å². The zero-order valence-electron chi connectivity index (χ0n) is 66.7. The number of nitrogens with zero attached hydrogens (tertiary/aromatic N) is 10. The highest BCUT2D eigenvalue weighted by Gasteiger charge is 2.27. The summed E-state index contributed by atoms with van der Waals surface area (Å²) in [6.07, 6.45) is 19.3. The van der Waals surface area contributed by atoms with Crippen molar-refractivity contribution < 1.29 is 14.0 Å². The van der Waals surface area contributed by atoms with Gasteiger partial charge in [0.1, 0.15) is 5.82 Å². The number of halogens is 1. The van der Waals surface area contributed by atoms with Gasteiger partial charge in [0.2, 0.25) is 0 Å². The maximum absolute atomic E-state index is 13.2. The van der Waals surface area contributed by atoms with E-state index in [1.165, 1.54) is 158 Å². The second-order valence-electron chi connectivity index (χ2n) is 30.9. The molecule has 5 aromatic heterocycles. The van der Waals surface area contributed by atoms with Crippen LogP contribution in [0.5, 0.6) is 0 Å². The number of benzene rings is 7. The summed E-state index contributed by atoms with van der Waals surface area (Å²) in [7, 11) is 11.8. The van der Waals surface area contributed by atoms with E-state index >= 15 is 0 Å². The molecule has 4 aliphatic rings. The number of likely N-dealkylation sites (N-methyl/N-ethyl adjacent to an activating group) is 3. The highest BCUT2D eigenvalue weighted by Crippen LogP contribution is 2.38. The number of fused-ring (bicyclic) bond motifs is 12. The number of carbonyl (C=O) groups excluding carboxylic acids is 2. The second-order valence-corrected chi connectivity index (χ2v) is 30.9. The average molecular weight is 1450 g/mol. The lowest BCUT2D eigenvalue weighted by atomic mass is 10.0. The highest BCUT2D eigenvalue weighted by molar-refractivity contribution is 5.97. The first kappa shape index (κ1) is 76.7. The summed E-state index contributed by atoms with van der Waals surface area (Å²) >= 11 is 0. The summed E-state index contributed by atoms with van der Waals surface area (Å²) in [5.74, 6) is -0.221. The van der Waals surface area contributed by atoms with Gasteiger partial charge in [-0.05, 0) is 258 Å². The minimum Gasteiger partial charge on any atom is -0.355 e. The minimum absolute atomic E-state index is 0.0307. The third kappa shape index (κ3) is 16.7. The third-order valence-electron chi connectivity index (χ3n) is 22.4. The van der Waals surface area contributed by atoms with E-state index in [0.29, 0.717) is 11.1 Å². The van der Waals surface area contributed by atoms with Crippen LogP contribution in [-0.4, -0.2) is 135 Å². The largest absolute Gasteiger partial charge is 0.355 e. The summed E-state index contributed by atoms with van der Waals surface area (Å²) in [4.78, 5) is 39.4. The Hall–Kier alpha value is -10.5. The van der Waals surface area contributed by atoms with Gasteiger partial charge in [0.15, 0.2) is 0 Å². The number of rotatable bonds is 13. The van der Waals surface area contributed by atoms with Crippen molar-refractivity contribution in [1.82, 2.24) is 53.1 Å². The Balaban J connectivity index is 0.000000128. The van der Waals surface area contributed by atoms with Gasteiger partial charge in [-0.15, -0.1) is 0 Å². The topological polar surface area (TPSA) is 95.0 Å². The fourth-order valence-electron chi connectivity index (χ4n) is 16.3. The molecule has 0 spiro atoms. The van der Waals surface area contributed by atoms with Gasteiger partial charge >= 0.3 is 0 Å². The van der Waals surface area contributed by atoms with Crippen LogP contribution in [-0.2, 0) is 58.3 Å². The summed E-state index contributed by atoms with van der Waals surface area (Å²) in [5, 5.41) is 8.18. The third-order valence-corrected chi connectivity index (χ3v) is 22.4. The Labute approximate surface area is 644 Å². The van der Waals surface area contributed by atoms with Crippen LogP contribution in [0.2, 0.25) is 0 Å². The number of amides is 2. The average Bonchev–Trinajstić information content (AvgIpc) is 1.63. The number of aryl methyl sites for hydroxylation is 4. The van der Waals surface area contributed by atoms with E-state index in [4.69, 9.17) is 0 Å². The number of aromatic nitrogens is 5. The zero-order chi connectivity index (χ0) is 76.9. The molecule has 0 atom stereocenters. The van der Waals surface area contributed by atoms with Crippen LogP contribution in [0.25, 0.3) is 90.7 Å². The van der Waals surface area contributed by atoms with Crippen LogP contribution in [0.15, 0.2) is 170 Å². The zero-order valence-corrected chi connectivity index (χ0v) is 66.7. The van der Waals surface area contributed by atoms with Gasteiger partial charge in [0.25, 0.3) is 11.8 Å². The van der Waals surface area contributed by atoms with Crippen LogP contribution >= 0.6 is 0 Å². The molecule has 0 saturated carbocycles. The molecule has 0 radical (unpaired) electrons. The molecule has 109 heavy (non-hydrogen) atoms. The fraction of sp³-hybridized carbons (Fsp3) is 0.316. The molecule has 1 N–H and O–H groups in total. The van der Waals surface area contributed by atoms with Crippen molar-refractivity contribution in [3.63, 3.8) is 0 Å². The first-order chi connectivity index (χ1) is 52.6. The van der Waals surface area contributed by atoms with Crippen molar-refractivity contribution in [2.75, 3.05) is 75.0 Å². The van der Waals surface area contributed by atoms with Crippen LogP contribution in [0, 0.1) is 26.6 Å². The minimum atomic E-state index is -0.194. The van der Waals surface area contributed by atoms with Crippen molar-refractivity contribution in [3.05, 3.63) is 277 Å². The maximum atomic E-state index is 13.2. The lowest BCUT2D eigenvalue weighted by molar-refractivity contribution is 0.0827. The highest BCUT2D eigenvalue weighted by atomic mass is 19.1. The lowest BCUT2D eigenvalue weighted by Gasteiger charge is -2.27. The number of pyridine rings is 1. The molecular weight excluding hydrogens is 1350 g/mol. The molecule has 7 aromatic carbocycles. The number of allylic oxidation sites excluding steroid dienone is 4. The SMILES string of the molecule is C/C(=C\n1c2c(c3cc(C)ccc31)CN(C)CC2)c1ccc(C(=O)N(C)C)cc1.CCCN1CCc2c(c3cc(C)ccc3n2/C=C(\C)c2ccncc2)C1.CCc1ccc2c(c1)c1c(n2/C=C(\C)c2ccc(F)cc2)CCN(C)C1.CNC(=O)c1ccc(/C(C)=C/n2c3c(c4cc(C)ccc42)CN(C)CC3)cc1. The predicted octanol–water partition coefficient (Wildman–Crippen LogP) is 19.5. The summed E-state index contributed by atoms with van der Waals surface area (Å²) in [6, 6.07) is 53.8. The molecule has 0 aliphatic carbocycles. The van der Waals surface area contributed by atoms with E-state index in [9.17, 15) is 14.0 Å². The molecule has 562 valence electrons. The van der Waals surface area contributed by atoms with Crippen LogP contribution in [0.3, 0.4) is 0 Å². The standard InChI is InChI=1S/C25H29N3O.C24H27N3O.C23H25FN2.C23H27N3/c1-17-6-11-23-21(14-17)22-16-27(5)13-12-24(22)28(23)15-18(2)19-7-9-20(10-8-19)25(29)26(3)4;1-16-5-10-22-20(13-16)21-15-26(4)12-11-23(21)27(22)14-17(2)18-6-8-19(9-7-18)24(28)25-3;1-4-17-5-10-22-20(13-17)21-15-25(3)12-11-23(21)26(22)14-16(2)18-6-8-19(24)9-7-18;1-4-12-25-13-9-23-21(16-25)20-14-17(2)5-6-22(20)26(23)15-18(3)19-7-10-24-11-8-19/h6-11,14-15H,12-13,16H2,1-5H3;5-10,13-14H,11-12,15H2,1-4H3,(H,25,28);5-10,13-14H,4,11-12,15H2,1-3H3;5-8,10-11,14-15H,4,9,12-13,16H2,1-3H3/b18-15+;17-14+;16-14+;18-15+. The predicted molar refractivity (Wildman–Crippen MR) is 455 cm³/mol. The molecule has 4 aliphatic heterocycles. The second kappa shape index (κ2) is 33.6. The lowest BCUT2D eigenvalue weighted by Crippen LogP contribution is -2.31. The summed E-state index contributed by atoms with van der Waals surface area (Å²) in [5.41, 5.74) is 32.8. The van der Waals surface area contributed by atoms with Gasteiger partial charge in [-0.3, -0.25) is 19.5 Å². The van der Waals surface area contributed by atoms with Crippen molar-refractivity contribution in [1.29, 1.82) is 0 Å². The molecule has 0 fully saturated rings. The van der Waals surface area contributed by atoms with Crippen molar-refractivity contribution in [2.45, 2.75) is 127 Å². The van der Waals surface area contributed by atoms with E-state index in [0.717, 1.165) is 107 Å². The molecule has 0 bridgehead atoms. The number of hydrogen-bond acceptors (Lipinski definition) is 7. The van der Waals surface area contributed by atoms with Crippen molar-refractivity contribution in [3.8, 4) is 0 Å². The van der Waals surface area contributed by atoms with E-state index in [1.807, 2.05) is 73.1 Å². The van der Waals surface area contributed by atoms with Crippen LogP contribution in [0.4, 0.5) is 4.39 Å². The van der Waals surface area contributed by atoms with Gasteiger partial charge in [-0.25, -0.2) is 4.39 Å². The van der Waals surface area contributed by atoms with Crippen molar-refractivity contribution >= 4 is 103 Å². The Morgan fingerprint density at radius 3 is 1.16 bits per heavy atom. The summed E-state index contributed by atoms with van der Waals surface area (Å²) < 4.78 is 22.8. The van der Waals surface area contributed by atoms with Gasteiger partial charge in [-0.1, -0.05) is 91.2 Å². The summed E-state index contributed by atoms with van der Waals surface area (Å²) in [6.45, 7) is 29.2. The first-order valence-electron chi connectivity index (χ1n) is 38.9. The molecule has 14 heteroatoms. The Morgan fingerprint density at radius 2 is 0.780 bits per heavy atom. The molecule has 2 amide bonds. The fourth-order valence-corrected chi connectivity index (χ4v) is 16.3. The normalized spacial score (nSPS) is 15.2. The molecule has 13 nitrogen and oxygen atoms in total. The van der Waals surface area contributed by atoms with Crippen LogP contribution < -0.4 is 5.32 Å². The van der Waals surface area contributed by atoms with Gasteiger partial charge < -0.3 is 43.2 Å². The smallest absolute Gasteiger partial charge is 0.253 e. The van der Waals surface area contributed by atoms with Gasteiger partial charge in [-0.2, -0.15) is 0 Å². The first-order valence-corrected chi connectivity index (χ1v) is 38.9.